The van der Waals surface area contributed by atoms with E-state index in [9.17, 15) is 13.2 Å². The number of sulfonamides is 1. The van der Waals surface area contributed by atoms with Crippen LogP contribution in [-0.2, 0) is 21.2 Å². The summed E-state index contributed by atoms with van der Waals surface area (Å²) < 4.78 is 28.8. The molecule has 0 spiro atoms. The van der Waals surface area contributed by atoms with E-state index in [2.05, 4.69) is 46.0 Å². The maximum Gasteiger partial charge on any atom is 0.322 e. The van der Waals surface area contributed by atoms with E-state index in [-0.39, 0.29) is 11.6 Å². The predicted octanol–water partition coefficient (Wildman–Crippen LogP) is 4.53. The monoisotopic (exact) mass is 496 g/mol. The van der Waals surface area contributed by atoms with E-state index in [4.69, 9.17) is 5.11 Å². The largest absolute Gasteiger partial charge is 0.480 e. The van der Waals surface area contributed by atoms with Crippen molar-refractivity contribution in [3.63, 3.8) is 0 Å². The average molecular weight is 497 g/mol. The predicted molar refractivity (Wildman–Crippen MR) is 136 cm³/mol. The minimum atomic E-state index is -3.91. The van der Waals surface area contributed by atoms with Gasteiger partial charge < -0.3 is 10.4 Å². The summed E-state index contributed by atoms with van der Waals surface area (Å²) in [6, 6.07) is 17.3. The molecule has 3 aromatic rings. The fraction of sp³-hybridized carbons (Fsp3) is 0.346. The summed E-state index contributed by atoms with van der Waals surface area (Å²) >= 11 is 0. The maximum absolute atomic E-state index is 13.1. The van der Waals surface area contributed by atoms with Gasteiger partial charge in [0, 0.05) is 6.20 Å². The van der Waals surface area contributed by atoms with Crippen LogP contribution < -0.4 is 10.0 Å². The van der Waals surface area contributed by atoms with Crippen molar-refractivity contribution < 1.29 is 18.3 Å². The Morgan fingerprint density at radius 1 is 1.06 bits per heavy atom. The fourth-order valence-corrected chi connectivity index (χ4v) is 4.92. The number of pyridine rings is 2. The molecule has 0 saturated carbocycles. The van der Waals surface area contributed by atoms with Crippen molar-refractivity contribution in [2.45, 2.75) is 56.5 Å². The van der Waals surface area contributed by atoms with Crippen LogP contribution in [-0.4, -0.2) is 36.0 Å². The van der Waals surface area contributed by atoms with E-state index in [1.807, 2.05) is 12.1 Å². The van der Waals surface area contributed by atoms with Gasteiger partial charge in [-0.3, -0.25) is 4.79 Å². The molecule has 8 nitrogen and oxygen atoms in total. The topological polar surface area (TPSA) is 121 Å². The Morgan fingerprint density at radius 2 is 1.83 bits per heavy atom. The summed E-state index contributed by atoms with van der Waals surface area (Å²) in [5.74, 6) is -0.203. The molecule has 0 saturated heterocycles. The number of anilines is 1. The Labute approximate surface area is 206 Å². The number of carboxylic acid groups (broad SMARTS) is 1. The van der Waals surface area contributed by atoms with E-state index in [1.165, 1.54) is 24.2 Å². The number of carboxylic acids is 1. The smallest absolute Gasteiger partial charge is 0.322 e. The molecular weight excluding hydrogens is 464 g/mol. The van der Waals surface area contributed by atoms with Gasteiger partial charge in [-0.1, -0.05) is 63.1 Å². The first-order valence-corrected chi connectivity index (χ1v) is 13.2. The molecule has 2 heterocycles. The number of benzene rings is 1. The van der Waals surface area contributed by atoms with Crippen molar-refractivity contribution >= 4 is 21.8 Å². The zero-order chi connectivity index (χ0) is 25.3. The van der Waals surface area contributed by atoms with Gasteiger partial charge >= 0.3 is 5.97 Å². The van der Waals surface area contributed by atoms with Crippen molar-refractivity contribution in [1.29, 1.82) is 0 Å². The molecule has 0 aliphatic rings. The van der Waals surface area contributed by atoms with Gasteiger partial charge in [-0.25, -0.2) is 23.1 Å². The maximum atomic E-state index is 13.1. The highest BCUT2D eigenvalue weighted by molar-refractivity contribution is 7.89. The number of unbranched alkanes of at least 4 members (excludes halogenated alkanes) is 1. The minimum Gasteiger partial charge on any atom is -0.480 e. The lowest BCUT2D eigenvalue weighted by atomic mass is 9.93. The Hall–Kier alpha value is -3.30. The number of aliphatic carboxylic acids is 1. The Balaban J connectivity index is 1.87. The summed E-state index contributed by atoms with van der Waals surface area (Å²) in [7, 11) is -3.91. The normalized spacial score (nSPS) is 13.2. The molecule has 9 heteroatoms. The first kappa shape index (κ1) is 26.3. The van der Waals surface area contributed by atoms with Crippen LogP contribution in [0.4, 0.5) is 5.82 Å². The number of nitrogens with zero attached hydrogens (tertiary/aromatic N) is 2. The highest BCUT2D eigenvalue weighted by atomic mass is 32.2. The van der Waals surface area contributed by atoms with Crippen LogP contribution >= 0.6 is 0 Å². The standard InChI is InChI=1S/C26H32N4O4S/c1-3-4-8-19(2)21-14-12-20(13-15-21)17-23(30-35(33,34)25-11-5-6-16-27-25)22-9-7-10-24(29-22)28-18-26(31)32/h5-7,9-16,19,23,30H,3-4,8,17-18H2,1-2H3,(H,28,29)(H,31,32). The van der Waals surface area contributed by atoms with Crippen molar-refractivity contribution in [2.24, 2.45) is 0 Å². The summed E-state index contributed by atoms with van der Waals surface area (Å²) in [4.78, 5) is 19.4. The van der Waals surface area contributed by atoms with Gasteiger partial charge in [0.05, 0.1) is 11.7 Å². The van der Waals surface area contributed by atoms with E-state index >= 15 is 0 Å². The second kappa shape index (κ2) is 12.4. The zero-order valence-electron chi connectivity index (χ0n) is 20.0. The molecule has 0 aliphatic heterocycles. The molecule has 0 aliphatic carbocycles. The minimum absolute atomic E-state index is 0.0785. The van der Waals surface area contributed by atoms with Crippen LogP contribution in [0.5, 0.6) is 0 Å². The first-order chi connectivity index (χ1) is 16.8. The van der Waals surface area contributed by atoms with Crippen molar-refractivity contribution in [2.75, 3.05) is 11.9 Å². The number of hydrogen-bond acceptors (Lipinski definition) is 6. The van der Waals surface area contributed by atoms with Crippen LogP contribution in [0, 0.1) is 0 Å². The number of nitrogens with one attached hydrogen (secondary N) is 2. The van der Waals surface area contributed by atoms with Gasteiger partial charge in [-0.15, -0.1) is 0 Å². The number of aromatic nitrogens is 2. The van der Waals surface area contributed by atoms with Crippen LogP contribution in [0.2, 0.25) is 0 Å². The van der Waals surface area contributed by atoms with Crippen molar-refractivity contribution in [3.05, 3.63) is 83.7 Å². The average Bonchev–Trinajstić information content (AvgIpc) is 2.86. The van der Waals surface area contributed by atoms with Gasteiger partial charge in [0.2, 0.25) is 0 Å². The second-order valence-corrected chi connectivity index (χ2v) is 10.2. The highest BCUT2D eigenvalue weighted by Gasteiger charge is 2.24. The summed E-state index contributed by atoms with van der Waals surface area (Å²) in [6.45, 7) is 4.11. The van der Waals surface area contributed by atoms with E-state index in [0.29, 0.717) is 23.9 Å². The molecule has 2 atom stereocenters. The van der Waals surface area contributed by atoms with Gasteiger partial charge in [-0.05, 0) is 54.2 Å². The van der Waals surface area contributed by atoms with Gasteiger partial charge in [0.15, 0.2) is 5.03 Å². The van der Waals surface area contributed by atoms with E-state index in [0.717, 1.165) is 18.4 Å². The van der Waals surface area contributed by atoms with Gasteiger partial charge in [-0.2, -0.15) is 0 Å². The molecule has 1 aromatic carbocycles. The molecule has 2 aromatic heterocycles. The van der Waals surface area contributed by atoms with Gasteiger partial charge in [0.1, 0.15) is 12.4 Å². The fourth-order valence-electron chi connectivity index (χ4n) is 3.77. The summed E-state index contributed by atoms with van der Waals surface area (Å²) in [6.07, 6.45) is 5.26. The number of rotatable bonds is 13. The lowest BCUT2D eigenvalue weighted by Crippen LogP contribution is -2.31. The lowest BCUT2D eigenvalue weighted by Gasteiger charge is -2.20. The second-order valence-electron chi connectivity index (χ2n) is 8.53. The molecule has 0 fully saturated rings. The molecule has 0 bridgehead atoms. The molecule has 3 rings (SSSR count). The Morgan fingerprint density at radius 3 is 2.49 bits per heavy atom. The molecule has 35 heavy (non-hydrogen) atoms. The van der Waals surface area contributed by atoms with Crippen LogP contribution in [0.15, 0.2) is 71.9 Å². The summed E-state index contributed by atoms with van der Waals surface area (Å²) in [5, 5.41) is 11.6. The number of carbonyl (C=O) groups is 1. The Kier molecular flexibility index (Phi) is 9.33. The lowest BCUT2D eigenvalue weighted by molar-refractivity contribution is -0.134. The molecular formula is C26H32N4O4S. The highest BCUT2D eigenvalue weighted by Crippen LogP contribution is 2.25. The summed E-state index contributed by atoms with van der Waals surface area (Å²) in [5.41, 5.74) is 2.68. The van der Waals surface area contributed by atoms with E-state index < -0.39 is 22.0 Å². The third kappa shape index (κ3) is 7.87. The van der Waals surface area contributed by atoms with E-state index in [1.54, 1.807) is 30.3 Å². The quantitative estimate of drug-likeness (QED) is 0.318. The molecule has 3 N–H and O–H groups in total. The van der Waals surface area contributed by atoms with Crippen LogP contribution in [0.25, 0.3) is 0 Å². The zero-order valence-corrected chi connectivity index (χ0v) is 20.8. The first-order valence-electron chi connectivity index (χ1n) is 11.7. The third-order valence-corrected chi connectivity index (χ3v) is 7.13. The third-order valence-electron chi connectivity index (χ3n) is 5.74. The molecule has 0 radical (unpaired) electrons. The van der Waals surface area contributed by atoms with Crippen LogP contribution in [0.1, 0.15) is 61.9 Å². The SMILES string of the molecule is CCCCC(C)c1ccc(CC(NS(=O)(=O)c2ccccn2)c2cccc(NCC(=O)O)n2)cc1. The van der Waals surface area contributed by atoms with Crippen LogP contribution in [0.3, 0.4) is 0 Å². The molecule has 0 amide bonds. The molecule has 2 unspecified atom stereocenters. The number of hydrogen-bond donors (Lipinski definition) is 3. The van der Waals surface area contributed by atoms with Crippen molar-refractivity contribution in [1.82, 2.24) is 14.7 Å². The molecule has 186 valence electrons. The Bertz CT molecular complexity index is 1200. The van der Waals surface area contributed by atoms with Crippen molar-refractivity contribution in [3.8, 4) is 0 Å². The van der Waals surface area contributed by atoms with Gasteiger partial charge in [0.25, 0.3) is 10.0 Å².